The number of halogens is 1. The molecule has 0 unspecified atom stereocenters. The number of aryl methyl sites for hydroxylation is 2. The van der Waals surface area contributed by atoms with Gasteiger partial charge in [-0.2, -0.15) is 0 Å². The minimum Gasteiger partial charge on any atom is -0.497 e. The Morgan fingerprint density at radius 2 is 2.14 bits per heavy atom. The zero-order chi connectivity index (χ0) is 25.5. The molecule has 1 aliphatic heterocycles. The number of benzene rings is 1. The number of carbonyl (C=O) groups is 1. The van der Waals surface area contributed by atoms with Gasteiger partial charge in [0.25, 0.3) is 0 Å². The largest absolute Gasteiger partial charge is 0.497 e. The second-order valence-corrected chi connectivity index (χ2v) is 9.99. The van der Waals surface area contributed by atoms with Gasteiger partial charge in [0.05, 0.1) is 19.0 Å². The van der Waals surface area contributed by atoms with Gasteiger partial charge in [0, 0.05) is 43.5 Å². The van der Waals surface area contributed by atoms with Gasteiger partial charge in [-0.3, -0.25) is 9.78 Å². The molecule has 1 saturated heterocycles. The van der Waals surface area contributed by atoms with Crippen molar-refractivity contribution < 1.29 is 19.0 Å². The molecular formula is C28H37FN4O3. The molecule has 4 rings (SSSR count). The van der Waals surface area contributed by atoms with Crippen LogP contribution in [0.15, 0.2) is 43.0 Å². The number of ether oxygens (including phenoxy) is 1. The number of alkyl halides is 1. The van der Waals surface area contributed by atoms with Crippen LogP contribution in [0.1, 0.15) is 56.0 Å². The number of piperidine rings is 1. The van der Waals surface area contributed by atoms with Crippen molar-refractivity contribution >= 4 is 16.9 Å². The fraction of sp³-hybridized carbons (Fsp3) is 0.536. The smallest absolute Gasteiger partial charge is 0.303 e. The van der Waals surface area contributed by atoms with E-state index in [1.807, 2.05) is 37.8 Å². The van der Waals surface area contributed by atoms with Gasteiger partial charge >= 0.3 is 5.97 Å². The lowest BCUT2D eigenvalue weighted by atomic mass is 9.79. The Labute approximate surface area is 212 Å². The van der Waals surface area contributed by atoms with Gasteiger partial charge in [-0.25, -0.2) is 9.37 Å². The summed E-state index contributed by atoms with van der Waals surface area (Å²) in [5, 5.41) is 10.3. The van der Waals surface area contributed by atoms with Gasteiger partial charge in [0.1, 0.15) is 11.9 Å². The van der Waals surface area contributed by atoms with Crippen molar-refractivity contribution in [3.05, 3.63) is 54.2 Å². The normalized spacial score (nSPS) is 19.4. The molecule has 0 amide bonds. The van der Waals surface area contributed by atoms with E-state index < -0.39 is 12.1 Å². The van der Waals surface area contributed by atoms with Crippen molar-refractivity contribution in [3.8, 4) is 5.75 Å². The minimum absolute atomic E-state index is 0.0507. The second-order valence-electron chi connectivity index (χ2n) is 9.99. The quantitative estimate of drug-likeness (QED) is 0.347. The summed E-state index contributed by atoms with van der Waals surface area (Å²) in [6, 6.07) is 7.26. The van der Waals surface area contributed by atoms with Crippen LogP contribution in [0, 0.1) is 11.8 Å². The van der Waals surface area contributed by atoms with Gasteiger partial charge in [0.15, 0.2) is 0 Å². The summed E-state index contributed by atoms with van der Waals surface area (Å²) in [5.74, 6) is 0.174. The van der Waals surface area contributed by atoms with Crippen LogP contribution >= 0.6 is 0 Å². The molecule has 0 aliphatic carbocycles. The van der Waals surface area contributed by atoms with E-state index in [9.17, 15) is 9.90 Å². The maximum absolute atomic E-state index is 15.5. The lowest BCUT2D eigenvalue weighted by Crippen LogP contribution is -2.41. The average molecular weight is 497 g/mol. The molecule has 3 atom stereocenters. The molecule has 3 heterocycles. The number of nitrogens with zero attached hydrogens (tertiary/aromatic N) is 4. The number of hydrogen-bond acceptors (Lipinski definition) is 5. The number of carboxylic acids is 1. The number of fused-ring (bicyclic) bond motifs is 1. The molecule has 3 aromatic rings. The molecule has 0 spiro atoms. The Kier molecular flexibility index (Phi) is 8.91. The predicted octanol–water partition coefficient (Wildman–Crippen LogP) is 5.20. The van der Waals surface area contributed by atoms with Crippen LogP contribution in [0.3, 0.4) is 0 Å². The lowest BCUT2D eigenvalue weighted by molar-refractivity contribution is -0.139. The van der Waals surface area contributed by atoms with Gasteiger partial charge in [0.2, 0.25) is 0 Å². The highest BCUT2D eigenvalue weighted by Gasteiger charge is 2.31. The van der Waals surface area contributed by atoms with Crippen LogP contribution < -0.4 is 4.74 Å². The standard InChI is InChI=1S/C28H37FN4O3/c1-32-19-30-17-22(32)5-3-4-13-33-14-11-20(21(18-33)15-28(34)35)6-8-26(29)24-10-12-31-27-9-7-23(36-2)16-25(24)27/h7,9-10,12,16-17,19-21,26H,3-6,8,11,13-15,18H2,1-2H3,(H,34,35)/t20-,21+,26+/m1/s1. The zero-order valence-corrected chi connectivity index (χ0v) is 21.3. The van der Waals surface area contributed by atoms with E-state index in [-0.39, 0.29) is 18.3 Å². The first-order valence-corrected chi connectivity index (χ1v) is 12.9. The number of hydrogen-bond donors (Lipinski definition) is 1. The molecule has 36 heavy (non-hydrogen) atoms. The molecule has 0 saturated carbocycles. The average Bonchev–Trinajstić information content (AvgIpc) is 3.29. The minimum atomic E-state index is -1.13. The first-order chi connectivity index (χ1) is 17.4. The van der Waals surface area contributed by atoms with Gasteiger partial charge in [-0.15, -0.1) is 0 Å². The van der Waals surface area contributed by atoms with Crippen molar-refractivity contribution in [2.45, 2.75) is 51.1 Å². The van der Waals surface area contributed by atoms with Crippen LogP contribution in [0.5, 0.6) is 5.75 Å². The number of imidazole rings is 1. The number of unbranched alkanes of at least 4 members (excludes halogenated alkanes) is 1. The van der Waals surface area contributed by atoms with Gasteiger partial charge in [-0.1, -0.05) is 0 Å². The van der Waals surface area contributed by atoms with E-state index in [0.717, 1.165) is 56.2 Å². The fourth-order valence-corrected chi connectivity index (χ4v) is 5.52. The van der Waals surface area contributed by atoms with Gasteiger partial charge < -0.3 is 19.3 Å². The van der Waals surface area contributed by atoms with Crippen molar-refractivity contribution in [2.24, 2.45) is 18.9 Å². The van der Waals surface area contributed by atoms with Crippen molar-refractivity contribution in [3.63, 3.8) is 0 Å². The third kappa shape index (κ3) is 6.60. The number of aliphatic carboxylic acids is 1. The number of rotatable bonds is 12. The summed E-state index contributed by atoms with van der Waals surface area (Å²) in [5.41, 5.74) is 2.61. The SMILES string of the molecule is COc1ccc2nccc([C@@H](F)CC[C@@H]3CCN(CCCCc4cncn4C)C[C@@H]3CC(=O)O)c2c1. The Morgan fingerprint density at radius 1 is 1.28 bits per heavy atom. The molecule has 2 aromatic heterocycles. The molecule has 1 fully saturated rings. The zero-order valence-electron chi connectivity index (χ0n) is 21.3. The third-order valence-electron chi connectivity index (χ3n) is 7.60. The summed E-state index contributed by atoms with van der Waals surface area (Å²) in [6.45, 7) is 2.69. The highest BCUT2D eigenvalue weighted by molar-refractivity contribution is 5.83. The molecule has 1 N–H and O–H groups in total. The van der Waals surface area contributed by atoms with E-state index in [2.05, 4.69) is 19.4 Å². The molecule has 194 valence electrons. The Hall–Kier alpha value is -3.00. The summed E-state index contributed by atoms with van der Waals surface area (Å²) in [7, 11) is 3.61. The van der Waals surface area contributed by atoms with E-state index in [0.29, 0.717) is 24.2 Å². The number of pyridine rings is 1. The van der Waals surface area contributed by atoms with Crippen molar-refractivity contribution in [2.75, 3.05) is 26.7 Å². The molecule has 7 nitrogen and oxygen atoms in total. The topological polar surface area (TPSA) is 80.5 Å². The monoisotopic (exact) mass is 496 g/mol. The van der Waals surface area contributed by atoms with E-state index >= 15 is 4.39 Å². The first-order valence-electron chi connectivity index (χ1n) is 12.9. The summed E-state index contributed by atoms with van der Waals surface area (Å²) >= 11 is 0. The summed E-state index contributed by atoms with van der Waals surface area (Å²) < 4.78 is 22.8. The number of likely N-dealkylation sites (tertiary alicyclic amines) is 1. The maximum Gasteiger partial charge on any atom is 0.303 e. The first kappa shape index (κ1) is 26.1. The van der Waals surface area contributed by atoms with Crippen LogP contribution in [0.25, 0.3) is 10.9 Å². The summed E-state index contributed by atoms with van der Waals surface area (Å²) in [6.07, 6.45) is 9.53. The molecule has 1 aromatic carbocycles. The highest BCUT2D eigenvalue weighted by atomic mass is 19.1. The molecule has 8 heteroatoms. The fourth-order valence-electron chi connectivity index (χ4n) is 5.52. The Balaban J connectivity index is 1.32. The van der Waals surface area contributed by atoms with E-state index in [4.69, 9.17) is 4.74 Å². The Morgan fingerprint density at radius 3 is 2.89 bits per heavy atom. The third-order valence-corrected chi connectivity index (χ3v) is 7.60. The lowest BCUT2D eigenvalue weighted by Gasteiger charge is -2.38. The molecule has 0 bridgehead atoms. The maximum atomic E-state index is 15.5. The number of aromatic nitrogens is 3. The van der Waals surface area contributed by atoms with Crippen molar-refractivity contribution in [1.29, 1.82) is 0 Å². The van der Waals surface area contributed by atoms with Crippen LogP contribution in [0.4, 0.5) is 4.39 Å². The number of methoxy groups -OCH3 is 1. The second kappa shape index (κ2) is 12.3. The van der Waals surface area contributed by atoms with E-state index in [1.165, 1.54) is 5.69 Å². The van der Waals surface area contributed by atoms with E-state index in [1.54, 1.807) is 19.4 Å². The van der Waals surface area contributed by atoms with Gasteiger partial charge in [-0.05, 0) is 93.3 Å². The highest BCUT2D eigenvalue weighted by Crippen LogP contribution is 2.36. The predicted molar refractivity (Wildman–Crippen MR) is 138 cm³/mol. The molecule has 0 radical (unpaired) electrons. The number of carboxylic acid groups (broad SMARTS) is 1. The van der Waals surface area contributed by atoms with Crippen LogP contribution in [-0.2, 0) is 18.3 Å². The molecule has 1 aliphatic rings. The Bertz CT molecular complexity index is 1150. The summed E-state index contributed by atoms with van der Waals surface area (Å²) in [4.78, 5) is 22.5. The van der Waals surface area contributed by atoms with Crippen LogP contribution in [0.2, 0.25) is 0 Å². The molecular weight excluding hydrogens is 459 g/mol. The van der Waals surface area contributed by atoms with Crippen molar-refractivity contribution in [1.82, 2.24) is 19.4 Å². The van der Waals surface area contributed by atoms with Crippen LogP contribution in [-0.4, -0.2) is 57.3 Å².